The van der Waals surface area contributed by atoms with Crippen LogP contribution in [0.15, 0.2) is 12.3 Å². The normalized spacial score (nSPS) is 9.50. The first kappa shape index (κ1) is 8.93. The van der Waals surface area contributed by atoms with E-state index >= 15 is 0 Å². The van der Waals surface area contributed by atoms with Crippen LogP contribution in [0.25, 0.3) is 0 Å². The fourth-order valence-corrected chi connectivity index (χ4v) is 0.810. The van der Waals surface area contributed by atoms with Gasteiger partial charge in [0.2, 0.25) is 0 Å². The Balaban J connectivity index is 2.93. The number of hydrogen-bond acceptors (Lipinski definition) is 4. The van der Waals surface area contributed by atoms with Crippen molar-refractivity contribution in [3.8, 4) is 0 Å². The van der Waals surface area contributed by atoms with Crippen molar-refractivity contribution >= 4 is 17.6 Å². The van der Waals surface area contributed by atoms with Gasteiger partial charge in [0.05, 0.1) is 13.0 Å². The monoisotopic (exact) mass is 186 g/mol. The zero-order valence-corrected chi connectivity index (χ0v) is 7.21. The second-order valence-electron chi connectivity index (χ2n) is 1.98. The molecule has 0 radical (unpaired) electrons. The van der Waals surface area contributed by atoms with Gasteiger partial charge in [0.1, 0.15) is 5.82 Å². The summed E-state index contributed by atoms with van der Waals surface area (Å²) in [4.78, 5) is 18.6. The summed E-state index contributed by atoms with van der Waals surface area (Å²) in [6, 6.07) is 1.47. The van der Waals surface area contributed by atoms with E-state index in [1.807, 2.05) is 0 Å². The van der Waals surface area contributed by atoms with Crippen molar-refractivity contribution in [2.24, 2.45) is 0 Å². The van der Waals surface area contributed by atoms with Crippen LogP contribution in [0.3, 0.4) is 0 Å². The number of esters is 1. The molecule has 0 atom stereocenters. The molecule has 0 unspecified atom stereocenters. The Labute approximate surface area is 74.5 Å². The number of methoxy groups -OCH3 is 1. The molecule has 0 aliphatic heterocycles. The molecule has 0 aliphatic carbocycles. The van der Waals surface area contributed by atoms with Crippen molar-refractivity contribution in [1.82, 2.24) is 9.97 Å². The molecule has 4 nitrogen and oxygen atoms in total. The molecule has 1 aromatic rings. The summed E-state index contributed by atoms with van der Waals surface area (Å²) in [5.74, 6) is 0.119. The van der Waals surface area contributed by atoms with E-state index in [1.165, 1.54) is 19.4 Å². The van der Waals surface area contributed by atoms with Crippen LogP contribution in [0.1, 0.15) is 16.3 Å². The predicted octanol–water partition coefficient (Wildman–Crippen LogP) is 1.00. The highest BCUT2D eigenvalue weighted by Gasteiger charge is 2.06. The van der Waals surface area contributed by atoms with Gasteiger partial charge in [-0.25, -0.2) is 14.8 Å². The number of aromatic nitrogens is 2. The second kappa shape index (κ2) is 4.01. The first-order valence-electron chi connectivity index (χ1n) is 3.24. The second-order valence-corrected chi connectivity index (χ2v) is 2.25. The molecule has 0 N–H and O–H groups in total. The average Bonchev–Trinajstić information content (AvgIpc) is 2.17. The minimum absolute atomic E-state index is 0.185. The summed E-state index contributed by atoms with van der Waals surface area (Å²) in [5.41, 5.74) is 0.225. The lowest BCUT2D eigenvalue weighted by atomic mass is 10.4. The van der Waals surface area contributed by atoms with Gasteiger partial charge in [-0.15, -0.1) is 11.6 Å². The molecule has 1 heterocycles. The standard InChI is InChI=1S/C7H7ClN2O2/c1-12-7(11)5-2-3-9-6(4-8)10-5/h2-3H,4H2,1H3. The van der Waals surface area contributed by atoms with E-state index in [-0.39, 0.29) is 11.6 Å². The molecule has 0 bridgehead atoms. The molecule has 0 saturated carbocycles. The lowest BCUT2D eigenvalue weighted by Crippen LogP contribution is -2.06. The molecule has 5 heteroatoms. The highest BCUT2D eigenvalue weighted by molar-refractivity contribution is 6.16. The minimum atomic E-state index is -0.483. The summed E-state index contributed by atoms with van der Waals surface area (Å²) < 4.78 is 4.46. The third kappa shape index (κ3) is 1.92. The Bertz CT molecular complexity index is 290. The van der Waals surface area contributed by atoms with Gasteiger partial charge in [-0.05, 0) is 6.07 Å². The Morgan fingerprint density at radius 3 is 3.08 bits per heavy atom. The van der Waals surface area contributed by atoms with Crippen LogP contribution >= 0.6 is 11.6 Å². The van der Waals surface area contributed by atoms with Gasteiger partial charge in [-0.1, -0.05) is 0 Å². The lowest BCUT2D eigenvalue weighted by Gasteiger charge is -1.98. The van der Waals surface area contributed by atoms with Gasteiger partial charge in [0.15, 0.2) is 5.69 Å². The summed E-state index contributed by atoms with van der Waals surface area (Å²) in [7, 11) is 1.30. The molecule has 0 fully saturated rings. The molecule has 64 valence electrons. The van der Waals surface area contributed by atoms with Crippen molar-refractivity contribution in [3.63, 3.8) is 0 Å². The van der Waals surface area contributed by atoms with Crippen LogP contribution in [-0.4, -0.2) is 23.0 Å². The summed E-state index contributed by atoms with van der Waals surface area (Å²) in [5, 5.41) is 0. The lowest BCUT2D eigenvalue weighted by molar-refractivity contribution is 0.0593. The van der Waals surface area contributed by atoms with Gasteiger partial charge in [0, 0.05) is 6.20 Å². The number of carbonyl (C=O) groups excluding carboxylic acids is 1. The van der Waals surface area contributed by atoms with Crippen LogP contribution in [0, 0.1) is 0 Å². The Hall–Kier alpha value is -1.16. The van der Waals surface area contributed by atoms with E-state index in [0.717, 1.165) is 0 Å². The van der Waals surface area contributed by atoms with E-state index < -0.39 is 5.97 Å². The van der Waals surface area contributed by atoms with Gasteiger partial charge < -0.3 is 4.74 Å². The quantitative estimate of drug-likeness (QED) is 0.511. The average molecular weight is 187 g/mol. The van der Waals surface area contributed by atoms with Crippen molar-refractivity contribution in [2.45, 2.75) is 5.88 Å². The topological polar surface area (TPSA) is 52.1 Å². The summed E-state index contributed by atoms with van der Waals surface area (Å²) in [6.45, 7) is 0. The van der Waals surface area contributed by atoms with Gasteiger partial charge >= 0.3 is 5.97 Å². The van der Waals surface area contributed by atoms with Gasteiger partial charge in [-0.2, -0.15) is 0 Å². The van der Waals surface area contributed by atoms with Crippen molar-refractivity contribution < 1.29 is 9.53 Å². The maximum atomic E-state index is 10.9. The highest BCUT2D eigenvalue weighted by Crippen LogP contribution is 1.99. The SMILES string of the molecule is COC(=O)c1ccnc(CCl)n1. The number of alkyl halides is 1. The van der Waals surface area contributed by atoms with E-state index in [2.05, 4.69) is 14.7 Å². The van der Waals surface area contributed by atoms with Crippen LogP contribution < -0.4 is 0 Å². The van der Waals surface area contributed by atoms with Gasteiger partial charge in [-0.3, -0.25) is 0 Å². The molecule has 0 aliphatic rings. The first-order chi connectivity index (χ1) is 5.77. The zero-order chi connectivity index (χ0) is 8.97. The predicted molar refractivity (Wildman–Crippen MR) is 42.9 cm³/mol. The Kier molecular flexibility index (Phi) is 2.99. The maximum Gasteiger partial charge on any atom is 0.356 e. The maximum absolute atomic E-state index is 10.9. The number of halogens is 1. The van der Waals surface area contributed by atoms with Crippen LogP contribution in [0.2, 0.25) is 0 Å². The number of ether oxygens (including phenoxy) is 1. The number of hydrogen-bond donors (Lipinski definition) is 0. The molecule has 0 amide bonds. The molecular formula is C7H7ClN2O2. The third-order valence-corrected chi connectivity index (χ3v) is 1.46. The Morgan fingerprint density at radius 1 is 1.75 bits per heavy atom. The largest absolute Gasteiger partial charge is 0.464 e. The van der Waals surface area contributed by atoms with E-state index in [0.29, 0.717) is 5.82 Å². The summed E-state index contributed by atoms with van der Waals surface area (Å²) in [6.07, 6.45) is 1.47. The summed E-state index contributed by atoms with van der Waals surface area (Å²) >= 11 is 5.47. The smallest absolute Gasteiger partial charge is 0.356 e. The van der Waals surface area contributed by atoms with Crippen molar-refractivity contribution in [1.29, 1.82) is 0 Å². The number of carbonyl (C=O) groups is 1. The molecule has 0 aromatic carbocycles. The van der Waals surface area contributed by atoms with Crippen molar-refractivity contribution in [2.75, 3.05) is 7.11 Å². The molecular weight excluding hydrogens is 180 g/mol. The fourth-order valence-electron chi connectivity index (χ4n) is 0.682. The van der Waals surface area contributed by atoms with E-state index in [1.54, 1.807) is 0 Å². The molecule has 0 spiro atoms. The van der Waals surface area contributed by atoms with Crippen molar-refractivity contribution in [3.05, 3.63) is 23.8 Å². The van der Waals surface area contributed by atoms with Crippen LogP contribution in [0.5, 0.6) is 0 Å². The number of nitrogens with zero attached hydrogens (tertiary/aromatic N) is 2. The zero-order valence-electron chi connectivity index (χ0n) is 6.45. The van der Waals surface area contributed by atoms with Crippen LogP contribution in [-0.2, 0) is 10.6 Å². The molecule has 12 heavy (non-hydrogen) atoms. The molecule has 1 aromatic heterocycles. The molecule has 1 rings (SSSR count). The van der Waals surface area contributed by atoms with Gasteiger partial charge in [0.25, 0.3) is 0 Å². The molecule has 0 saturated heterocycles. The minimum Gasteiger partial charge on any atom is -0.464 e. The Morgan fingerprint density at radius 2 is 2.50 bits per heavy atom. The number of rotatable bonds is 2. The third-order valence-electron chi connectivity index (χ3n) is 1.22. The fraction of sp³-hybridized carbons (Fsp3) is 0.286. The van der Waals surface area contributed by atoms with Crippen LogP contribution in [0.4, 0.5) is 0 Å². The highest BCUT2D eigenvalue weighted by atomic mass is 35.5. The first-order valence-corrected chi connectivity index (χ1v) is 3.77. The van der Waals surface area contributed by atoms with E-state index in [4.69, 9.17) is 11.6 Å². The van der Waals surface area contributed by atoms with E-state index in [9.17, 15) is 4.79 Å².